The van der Waals surface area contributed by atoms with Gasteiger partial charge in [0.05, 0.1) is 0 Å². The van der Waals surface area contributed by atoms with Crippen LogP contribution in [0.4, 0.5) is 5.82 Å². The van der Waals surface area contributed by atoms with Gasteiger partial charge in [-0.15, -0.1) is 0 Å². The average Bonchev–Trinajstić information content (AvgIpc) is 2.68. The van der Waals surface area contributed by atoms with Crippen LogP contribution in [0.25, 0.3) is 0 Å². The fourth-order valence-corrected chi connectivity index (χ4v) is 3.58. The third kappa shape index (κ3) is 5.03. The maximum atomic E-state index is 12.5. The van der Waals surface area contributed by atoms with Gasteiger partial charge in [0.15, 0.2) is 0 Å². The van der Waals surface area contributed by atoms with Crippen LogP contribution in [-0.2, 0) is 4.79 Å². The van der Waals surface area contributed by atoms with E-state index < -0.39 is 0 Å². The smallest absolute Gasteiger partial charge is 0.228 e. The number of nitrogens with zero attached hydrogens (tertiary/aromatic N) is 3. The first kappa shape index (κ1) is 17.9. The molecule has 0 spiro atoms. The van der Waals surface area contributed by atoms with E-state index in [1.807, 2.05) is 30.0 Å². The Morgan fingerprint density at radius 3 is 2.83 bits per heavy atom. The average molecular weight is 317 g/mol. The summed E-state index contributed by atoms with van der Waals surface area (Å²) >= 11 is 0. The summed E-state index contributed by atoms with van der Waals surface area (Å²) in [6.07, 6.45) is 6.10. The van der Waals surface area contributed by atoms with E-state index in [1.54, 1.807) is 6.20 Å². The second-order valence-corrected chi connectivity index (χ2v) is 7.51. The van der Waals surface area contributed by atoms with Crippen molar-refractivity contribution in [1.29, 1.82) is 0 Å². The fraction of sp³-hybridized carbons (Fsp3) is 0.684. The SMILES string of the molecule is CCC(=O)N(c1ccccn1)C(C)CN1CCCCC(C)(C)C1. The lowest BCUT2D eigenvalue weighted by Gasteiger charge is -2.35. The topological polar surface area (TPSA) is 36.4 Å². The van der Waals surface area contributed by atoms with Gasteiger partial charge in [0.25, 0.3) is 0 Å². The van der Waals surface area contributed by atoms with Crippen LogP contribution in [-0.4, -0.2) is 41.5 Å². The molecule has 1 fully saturated rings. The standard InChI is InChI=1S/C19H31N3O/c1-5-18(23)22(17-10-6-8-12-20-17)16(2)14-21-13-9-7-11-19(3,4)15-21/h6,8,10,12,16H,5,7,9,11,13-15H2,1-4H3. The van der Waals surface area contributed by atoms with E-state index in [0.29, 0.717) is 11.8 Å². The zero-order valence-electron chi connectivity index (χ0n) is 15.1. The Bertz CT molecular complexity index is 501. The molecule has 1 amide bonds. The molecular weight excluding hydrogens is 286 g/mol. The van der Waals surface area contributed by atoms with Crippen molar-refractivity contribution < 1.29 is 4.79 Å². The predicted octanol–water partition coefficient (Wildman–Crippen LogP) is 3.73. The normalized spacial score (nSPS) is 19.8. The summed E-state index contributed by atoms with van der Waals surface area (Å²) in [6, 6.07) is 5.89. The Morgan fingerprint density at radius 2 is 2.17 bits per heavy atom. The van der Waals surface area contributed by atoms with Crippen LogP contribution in [0.1, 0.15) is 53.4 Å². The molecule has 2 rings (SSSR count). The lowest BCUT2D eigenvalue weighted by Crippen LogP contribution is -2.47. The number of carbonyl (C=O) groups excluding carboxylic acids is 1. The van der Waals surface area contributed by atoms with Gasteiger partial charge in [0.1, 0.15) is 5.82 Å². The molecule has 23 heavy (non-hydrogen) atoms. The van der Waals surface area contributed by atoms with Crippen LogP contribution in [0.15, 0.2) is 24.4 Å². The van der Waals surface area contributed by atoms with E-state index >= 15 is 0 Å². The predicted molar refractivity (Wildman–Crippen MR) is 95.5 cm³/mol. The Morgan fingerprint density at radius 1 is 1.39 bits per heavy atom. The molecule has 128 valence electrons. The molecule has 1 aliphatic rings. The minimum Gasteiger partial charge on any atom is -0.301 e. The van der Waals surface area contributed by atoms with Gasteiger partial charge in [-0.1, -0.05) is 33.3 Å². The molecule has 0 radical (unpaired) electrons. The van der Waals surface area contributed by atoms with Gasteiger partial charge in [-0.3, -0.25) is 9.69 Å². The van der Waals surface area contributed by atoms with Gasteiger partial charge in [-0.25, -0.2) is 4.98 Å². The van der Waals surface area contributed by atoms with Crippen LogP contribution >= 0.6 is 0 Å². The minimum absolute atomic E-state index is 0.131. The number of rotatable bonds is 5. The Hall–Kier alpha value is -1.42. The summed E-state index contributed by atoms with van der Waals surface area (Å²) in [5.41, 5.74) is 0.362. The number of amides is 1. The van der Waals surface area contributed by atoms with Crippen molar-refractivity contribution in [1.82, 2.24) is 9.88 Å². The minimum atomic E-state index is 0.131. The molecule has 0 aromatic carbocycles. The van der Waals surface area contributed by atoms with Gasteiger partial charge in [0.2, 0.25) is 5.91 Å². The van der Waals surface area contributed by atoms with Crippen LogP contribution in [0, 0.1) is 5.41 Å². The Balaban J connectivity index is 2.11. The highest BCUT2D eigenvalue weighted by atomic mass is 16.2. The zero-order valence-corrected chi connectivity index (χ0v) is 15.1. The summed E-state index contributed by atoms with van der Waals surface area (Å²) in [6.45, 7) is 11.9. The first-order valence-electron chi connectivity index (χ1n) is 8.88. The fourth-order valence-electron chi connectivity index (χ4n) is 3.58. The highest BCUT2D eigenvalue weighted by Gasteiger charge is 2.28. The first-order chi connectivity index (χ1) is 10.9. The molecule has 4 heteroatoms. The van der Waals surface area contributed by atoms with E-state index in [0.717, 1.165) is 25.5 Å². The van der Waals surface area contributed by atoms with Gasteiger partial charge in [-0.2, -0.15) is 0 Å². The molecule has 1 aliphatic heterocycles. The van der Waals surface area contributed by atoms with E-state index in [4.69, 9.17) is 0 Å². The summed E-state index contributed by atoms with van der Waals surface area (Å²) in [5, 5.41) is 0. The second-order valence-electron chi connectivity index (χ2n) is 7.51. The lowest BCUT2D eigenvalue weighted by atomic mass is 9.88. The zero-order chi connectivity index (χ0) is 16.9. The number of likely N-dealkylation sites (tertiary alicyclic amines) is 1. The van der Waals surface area contributed by atoms with Gasteiger partial charge >= 0.3 is 0 Å². The third-order valence-corrected chi connectivity index (χ3v) is 4.66. The molecule has 1 atom stereocenters. The number of hydrogen-bond donors (Lipinski definition) is 0. The van der Waals surface area contributed by atoms with Crippen molar-refractivity contribution in [2.75, 3.05) is 24.5 Å². The summed E-state index contributed by atoms with van der Waals surface area (Å²) in [5.74, 6) is 0.909. The molecule has 1 aromatic rings. The number of pyridine rings is 1. The highest BCUT2D eigenvalue weighted by molar-refractivity contribution is 5.92. The molecule has 0 N–H and O–H groups in total. The molecule has 1 aromatic heterocycles. The van der Waals surface area contributed by atoms with Crippen molar-refractivity contribution in [3.05, 3.63) is 24.4 Å². The van der Waals surface area contributed by atoms with Crippen molar-refractivity contribution in [2.24, 2.45) is 5.41 Å². The maximum Gasteiger partial charge on any atom is 0.228 e. The molecule has 1 saturated heterocycles. The van der Waals surface area contributed by atoms with Gasteiger partial charge in [0, 0.05) is 31.7 Å². The number of carbonyl (C=O) groups is 1. The van der Waals surface area contributed by atoms with Gasteiger partial charge < -0.3 is 4.90 Å². The number of hydrogen-bond acceptors (Lipinski definition) is 3. The van der Waals surface area contributed by atoms with Crippen molar-refractivity contribution in [3.8, 4) is 0 Å². The quantitative estimate of drug-likeness (QED) is 0.830. The largest absolute Gasteiger partial charge is 0.301 e. The first-order valence-corrected chi connectivity index (χ1v) is 8.88. The van der Waals surface area contributed by atoms with Crippen LogP contribution in [0.5, 0.6) is 0 Å². The van der Waals surface area contributed by atoms with Crippen molar-refractivity contribution >= 4 is 11.7 Å². The molecule has 0 aliphatic carbocycles. The molecule has 0 saturated carbocycles. The molecule has 4 nitrogen and oxygen atoms in total. The van der Waals surface area contributed by atoms with Crippen molar-refractivity contribution in [2.45, 2.75) is 59.4 Å². The summed E-state index contributed by atoms with van der Waals surface area (Å²) < 4.78 is 0. The van der Waals surface area contributed by atoms with E-state index in [9.17, 15) is 4.79 Å². The Kier molecular flexibility index (Phi) is 6.17. The molecule has 1 unspecified atom stereocenters. The molecule has 2 heterocycles. The monoisotopic (exact) mass is 317 g/mol. The number of anilines is 1. The lowest BCUT2D eigenvalue weighted by molar-refractivity contribution is -0.118. The maximum absolute atomic E-state index is 12.5. The van der Waals surface area contributed by atoms with Gasteiger partial charge in [-0.05, 0) is 43.9 Å². The molecular formula is C19H31N3O. The van der Waals surface area contributed by atoms with E-state index in [1.165, 1.54) is 19.3 Å². The summed E-state index contributed by atoms with van der Waals surface area (Å²) in [7, 11) is 0. The van der Waals surface area contributed by atoms with Crippen LogP contribution in [0.3, 0.4) is 0 Å². The van der Waals surface area contributed by atoms with Crippen LogP contribution < -0.4 is 4.90 Å². The van der Waals surface area contributed by atoms with E-state index in [-0.39, 0.29) is 11.9 Å². The second kappa shape index (κ2) is 7.91. The van der Waals surface area contributed by atoms with E-state index in [2.05, 4.69) is 30.7 Å². The Labute approximate surface area is 140 Å². The third-order valence-electron chi connectivity index (χ3n) is 4.66. The van der Waals surface area contributed by atoms with Crippen LogP contribution in [0.2, 0.25) is 0 Å². The van der Waals surface area contributed by atoms with Crippen molar-refractivity contribution in [3.63, 3.8) is 0 Å². The summed E-state index contributed by atoms with van der Waals surface area (Å²) in [4.78, 5) is 21.3. The highest BCUT2D eigenvalue weighted by Crippen LogP contribution is 2.28. The molecule has 0 bridgehead atoms. The number of aromatic nitrogens is 1.